The summed E-state index contributed by atoms with van der Waals surface area (Å²) in [5, 5.41) is 1.05. The summed E-state index contributed by atoms with van der Waals surface area (Å²) in [6, 6.07) is 0. The molecule has 29 heavy (non-hydrogen) atoms. The fourth-order valence-corrected chi connectivity index (χ4v) is 4.34. The third kappa shape index (κ3) is 4.98. The minimum absolute atomic E-state index is 0.00315. The maximum absolute atomic E-state index is 12.1. The van der Waals surface area contributed by atoms with Crippen LogP contribution in [0.25, 0.3) is 5.57 Å². The minimum Gasteiger partial charge on any atom is -0.469 e. The fraction of sp³-hybridized carbons (Fsp3) is 0.524. The maximum atomic E-state index is 12.1. The average molecular weight is 421 g/mol. The zero-order chi connectivity index (χ0) is 21.8. The van der Waals surface area contributed by atoms with Crippen molar-refractivity contribution < 1.29 is 23.9 Å². The number of esters is 2. The Labute approximate surface area is 175 Å². The van der Waals surface area contributed by atoms with Gasteiger partial charge in [-0.05, 0) is 36.3 Å². The minimum atomic E-state index is -0.418. The van der Waals surface area contributed by atoms with Crippen LogP contribution >= 0.6 is 11.8 Å². The highest BCUT2D eigenvalue weighted by Gasteiger charge is 2.34. The smallest absolute Gasteiger partial charge is 0.310 e. The lowest BCUT2D eigenvalue weighted by Crippen LogP contribution is -2.13. The summed E-state index contributed by atoms with van der Waals surface area (Å²) < 4.78 is 9.57. The summed E-state index contributed by atoms with van der Waals surface area (Å²) in [7, 11) is 2.64. The van der Waals surface area contributed by atoms with Gasteiger partial charge in [-0.15, -0.1) is 11.8 Å². The van der Waals surface area contributed by atoms with Gasteiger partial charge in [-0.3, -0.25) is 19.4 Å². The number of aromatic amines is 1. The third-order valence-corrected chi connectivity index (χ3v) is 5.87. The Kier molecular flexibility index (Phi) is 7.46. The number of aromatic nitrogens is 1. The van der Waals surface area contributed by atoms with Crippen LogP contribution in [-0.4, -0.2) is 48.7 Å². The van der Waals surface area contributed by atoms with Crippen LogP contribution in [0.15, 0.2) is 10.7 Å². The molecule has 1 N–H and O–H groups in total. The first kappa shape index (κ1) is 22.9. The van der Waals surface area contributed by atoms with Crippen molar-refractivity contribution in [2.24, 2.45) is 10.4 Å². The number of aldehydes is 1. The highest BCUT2D eigenvalue weighted by molar-refractivity contribution is 8.13. The molecular formula is C21H28N2O5S. The van der Waals surface area contributed by atoms with E-state index in [0.29, 0.717) is 28.8 Å². The zero-order valence-corrected chi connectivity index (χ0v) is 18.6. The summed E-state index contributed by atoms with van der Waals surface area (Å²) in [6.07, 6.45) is 3.94. The quantitative estimate of drug-likeness (QED) is 0.535. The highest BCUT2D eigenvalue weighted by Crippen LogP contribution is 2.44. The van der Waals surface area contributed by atoms with Crippen LogP contribution in [0.4, 0.5) is 0 Å². The van der Waals surface area contributed by atoms with E-state index in [1.807, 2.05) is 13.2 Å². The number of allylic oxidation sites excluding steroid dienone is 2. The van der Waals surface area contributed by atoms with Crippen LogP contribution in [0.1, 0.15) is 60.9 Å². The molecule has 1 aromatic heterocycles. The molecule has 0 aromatic carbocycles. The van der Waals surface area contributed by atoms with Gasteiger partial charge in [0.25, 0.3) is 0 Å². The second-order valence-electron chi connectivity index (χ2n) is 7.56. The van der Waals surface area contributed by atoms with E-state index < -0.39 is 5.97 Å². The Hall–Kier alpha value is -2.35. The van der Waals surface area contributed by atoms with Gasteiger partial charge in [-0.25, -0.2) is 0 Å². The number of carbonyl (C=O) groups excluding carboxylic acids is 3. The average Bonchev–Trinajstić information content (AvgIpc) is 3.21. The first-order valence-corrected chi connectivity index (χ1v) is 10.6. The Morgan fingerprint density at radius 3 is 2.38 bits per heavy atom. The first-order valence-electron chi connectivity index (χ1n) is 9.34. The fourth-order valence-electron chi connectivity index (χ4n) is 3.65. The highest BCUT2D eigenvalue weighted by atomic mass is 32.2. The SMILES string of the molecule is COC(=O)CCc1c(C=O)[nH]c(/C(C)=C2\N=C(SC)CC2(C)C)c1CC(=O)OC. The van der Waals surface area contributed by atoms with Gasteiger partial charge in [0, 0.05) is 24.0 Å². The largest absolute Gasteiger partial charge is 0.469 e. The molecule has 0 unspecified atom stereocenters. The molecule has 8 heteroatoms. The van der Waals surface area contributed by atoms with E-state index >= 15 is 0 Å². The summed E-state index contributed by atoms with van der Waals surface area (Å²) in [5.74, 6) is -0.798. The molecular weight excluding hydrogens is 392 g/mol. The number of hydrogen-bond acceptors (Lipinski definition) is 7. The van der Waals surface area contributed by atoms with E-state index in [0.717, 1.165) is 22.7 Å². The zero-order valence-electron chi connectivity index (χ0n) is 17.8. The molecule has 158 valence electrons. The van der Waals surface area contributed by atoms with Crippen molar-refractivity contribution >= 4 is 40.6 Å². The number of rotatable bonds is 7. The molecule has 2 heterocycles. The molecule has 0 saturated heterocycles. The molecule has 0 aliphatic carbocycles. The van der Waals surface area contributed by atoms with Crippen molar-refractivity contribution in [2.45, 2.75) is 46.5 Å². The van der Waals surface area contributed by atoms with Crippen LogP contribution in [0.2, 0.25) is 0 Å². The van der Waals surface area contributed by atoms with Crippen LogP contribution in [-0.2, 0) is 31.9 Å². The maximum Gasteiger partial charge on any atom is 0.310 e. The van der Waals surface area contributed by atoms with E-state index in [9.17, 15) is 14.4 Å². The number of aliphatic imine (C=N–C) groups is 1. The number of methoxy groups -OCH3 is 2. The van der Waals surface area contributed by atoms with E-state index in [2.05, 4.69) is 18.8 Å². The number of carbonyl (C=O) groups is 3. The summed E-state index contributed by atoms with van der Waals surface area (Å²) in [4.78, 5) is 43.4. The lowest BCUT2D eigenvalue weighted by atomic mass is 9.85. The predicted octanol–water partition coefficient (Wildman–Crippen LogP) is 3.57. The van der Waals surface area contributed by atoms with Crippen LogP contribution in [0.3, 0.4) is 0 Å². The van der Waals surface area contributed by atoms with E-state index in [4.69, 9.17) is 14.5 Å². The Morgan fingerprint density at radius 2 is 1.86 bits per heavy atom. The molecule has 7 nitrogen and oxygen atoms in total. The predicted molar refractivity (Wildman–Crippen MR) is 114 cm³/mol. The summed E-state index contributed by atoms with van der Waals surface area (Å²) in [5.41, 5.74) is 3.98. The monoisotopic (exact) mass is 420 g/mol. The third-order valence-electron chi connectivity index (χ3n) is 5.16. The van der Waals surface area contributed by atoms with Crippen molar-refractivity contribution in [1.29, 1.82) is 0 Å². The van der Waals surface area contributed by atoms with Gasteiger partial charge in [-0.2, -0.15) is 0 Å². The van der Waals surface area contributed by atoms with E-state index in [1.54, 1.807) is 11.8 Å². The van der Waals surface area contributed by atoms with E-state index in [-0.39, 0.29) is 30.6 Å². The number of thioether (sulfide) groups is 1. The van der Waals surface area contributed by atoms with Gasteiger partial charge in [0.2, 0.25) is 0 Å². The van der Waals surface area contributed by atoms with Crippen molar-refractivity contribution in [3.05, 3.63) is 28.2 Å². The first-order chi connectivity index (χ1) is 13.7. The summed E-state index contributed by atoms with van der Waals surface area (Å²) in [6.45, 7) is 6.19. The Balaban J connectivity index is 2.64. The van der Waals surface area contributed by atoms with Gasteiger partial charge in [0.15, 0.2) is 6.29 Å². The second-order valence-corrected chi connectivity index (χ2v) is 8.44. The van der Waals surface area contributed by atoms with E-state index in [1.165, 1.54) is 14.2 Å². The lowest BCUT2D eigenvalue weighted by molar-refractivity contribution is -0.140. The standard InChI is InChI=1S/C21H28N2O5S/c1-12(20-21(2,3)10-16(23-20)29-6)19-14(9-18(26)28-5)13(15(11-24)22-19)7-8-17(25)27-4/h11,22H,7-10H2,1-6H3/b20-12-. The van der Waals surface area contributed by atoms with Gasteiger partial charge in [0.05, 0.1) is 37.1 Å². The topological polar surface area (TPSA) is 97.8 Å². The van der Waals surface area contributed by atoms with Crippen LogP contribution in [0.5, 0.6) is 0 Å². The Morgan fingerprint density at radius 1 is 1.21 bits per heavy atom. The van der Waals surface area contributed by atoms with Crippen molar-refractivity contribution in [3.8, 4) is 0 Å². The Bertz CT molecular complexity index is 880. The molecule has 0 fully saturated rings. The van der Waals surface area contributed by atoms with Gasteiger partial charge in [-0.1, -0.05) is 13.8 Å². The second kappa shape index (κ2) is 9.43. The van der Waals surface area contributed by atoms with Gasteiger partial charge >= 0.3 is 11.9 Å². The number of ether oxygens (including phenoxy) is 2. The van der Waals surface area contributed by atoms with Crippen LogP contribution in [0, 0.1) is 5.41 Å². The summed E-state index contributed by atoms with van der Waals surface area (Å²) >= 11 is 1.62. The number of H-pyrrole nitrogens is 1. The number of nitrogens with zero attached hydrogens (tertiary/aromatic N) is 1. The number of nitrogens with one attached hydrogen (secondary N) is 1. The molecule has 0 radical (unpaired) electrons. The lowest BCUT2D eigenvalue weighted by Gasteiger charge is -2.20. The molecule has 2 rings (SSSR count). The molecule has 0 bridgehead atoms. The van der Waals surface area contributed by atoms with Crippen molar-refractivity contribution in [1.82, 2.24) is 4.98 Å². The van der Waals surface area contributed by atoms with Gasteiger partial charge < -0.3 is 14.5 Å². The van der Waals surface area contributed by atoms with Gasteiger partial charge in [0.1, 0.15) is 0 Å². The molecule has 1 aliphatic rings. The molecule has 0 spiro atoms. The molecule has 1 aliphatic heterocycles. The van der Waals surface area contributed by atoms with Crippen molar-refractivity contribution in [3.63, 3.8) is 0 Å². The normalized spacial score (nSPS) is 17.0. The molecule has 0 atom stereocenters. The molecule has 1 aromatic rings. The number of hydrogen-bond donors (Lipinski definition) is 1. The molecule has 0 amide bonds. The van der Waals surface area contributed by atoms with Crippen molar-refractivity contribution in [2.75, 3.05) is 20.5 Å². The van der Waals surface area contributed by atoms with Crippen LogP contribution < -0.4 is 0 Å². The molecule has 0 saturated carbocycles.